The molecular weight excluding hydrogens is 266 g/mol. The molecule has 5 nitrogen and oxygen atoms in total. The molecule has 2 atom stereocenters. The zero-order chi connectivity index (χ0) is 12.5. The maximum absolute atomic E-state index is 11.5. The van der Waals surface area contributed by atoms with Gasteiger partial charge in [0, 0.05) is 44.6 Å². The Bertz CT molecular complexity index is 348. The summed E-state index contributed by atoms with van der Waals surface area (Å²) >= 11 is 0. The lowest BCUT2D eigenvalue weighted by molar-refractivity contribution is -0.138. The molecule has 0 aromatic carbocycles. The van der Waals surface area contributed by atoms with E-state index in [1.807, 2.05) is 0 Å². The molecule has 0 aromatic heterocycles. The number of likely N-dealkylation sites (tertiary alicyclic amines) is 2. The largest absolute Gasteiger partial charge is 0.310 e. The van der Waals surface area contributed by atoms with Gasteiger partial charge in [0.2, 0.25) is 11.8 Å². The number of halogens is 1. The maximum atomic E-state index is 11.5. The fourth-order valence-corrected chi connectivity index (χ4v) is 3.33. The number of amides is 2. The predicted octanol–water partition coefficient (Wildman–Crippen LogP) is 0.384. The fourth-order valence-electron chi connectivity index (χ4n) is 3.33. The summed E-state index contributed by atoms with van der Waals surface area (Å²) in [5.41, 5.74) is 0. The molecule has 0 radical (unpaired) electrons. The molecule has 1 N–H and O–H groups in total. The van der Waals surface area contributed by atoms with E-state index in [0.29, 0.717) is 31.5 Å². The first-order valence-corrected chi connectivity index (χ1v) is 7.04. The van der Waals surface area contributed by atoms with Crippen LogP contribution < -0.4 is 5.32 Å². The molecule has 3 fully saturated rings. The second kappa shape index (κ2) is 6.20. The van der Waals surface area contributed by atoms with Gasteiger partial charge in [0.05, 0.1) is 0 Å². The molecule has 2 unspecified atom stereocenters. The minimum Gasteiger partial charge on any atom is -0.310 e. The topological polar surface area (TPSA) is 52.7 Å². The lowest BCUT2D eigenvalue weighted by Gasteiger charge is -2.25. The first-order valence-electron chi connectivity index (χ1n) is 7.04. The summed E-state index contributed by atoms with van der Waals surface area (Å²) in [6.07, 6.45) is 4.58. The Labute approximate surface area is 120 Å². The highest BCUT2D eigenvalue weighted by molar-refractivity contribution is 6.01. The van der Waals surface area contributed by atoms with Crippen LogP contribution in [-0.2, 0) is 9.59 Å². The van der Waals surface area contributed by atoms with Gasteiger partial charge in [-0.25, -0.2) is 0 Å². The van der Waals surface area contributed by atoms with Crippen LogP contribution in [0.15, 0.2) is 0 Å². The predicted molar refractivity (Wildman–Crippen MR) is 74.2 cm³/mol. The van der Waals surface area contributed by atoms with Crippen molar-refractivity contribution < 1.29 is 9.59 Å². The van der Waals surface area contributed by atoms with Gasteiger partial charge in [0.25, 0.3) is 0 Å². The Kier molecular flexibility index (Phi) is 4.81. The van der Waals surface area contributed by atoms with Crippen molar-refractivity contribution in [2.75, 3.05) is 26.2 Å². The van der Waals surface area contributed by atoms with Crippen molar-refractivity contribution >= 4 is 24.2 Å². The molecule has 0 saturated carbocycles. The molecule has 2 bridgehead atoms. The molecule has 6 heteroatoms. The van der Waals surface area contributed by atoms with Gasteiger partial charge in [-0.3, -0.25) is 19.4 Å². The van der Waals surface area contributed by atoms with E-state index < -0.39 is 0 Å². The van der Waals surface area contributed by atoms with Crippen LogP contribution in [-0.4, -0.2) is 59.9 Å². The van der Waals surface area contributed by atoms with Gasteiger partial charge in [-0.15, -0.1) is 12.4 Å². The summed E-state index contributed by atoms with van der Waals surface area (Å²) in [6, 6.07) is 1.30. The molecule has 0 spiro atoms. The van der Waals surface area contributed by atoms with Crippen molar-refractivity contribution in [2.24, 2.45) is 0 Å². The Morgan fingerprint density at radius 3 is 2.42 bits per heavy atom. The lowest BCUT2D eigenvalue weighted by Crippen LogP contribution is -2.41. The number of hydrogen-bond acceptors (Lipinski definition) is 4. The zero-order valence-electron chi connectivity index (χ0n) is 11.1. The second-order valence-corrected chi connectivity index (χ2v) is 5.67. The van der Waals surface area contributed by atoms with Gasteiger partial charge < -0.3 is 5.32 Å². The molecular formula is C13H22ClN3O2. The summed E-state index contributed by atoms with van der Waals surface area (Å²) in [6.45, 7) is 3.56. The second-order valence-electron chi connectivity index (χ2n) is 5.67. The standard InChI is InChI=1S/C13H21N3O2.ClH/c17-12-3-4-13(18)16(12)8-7-15-6-5-10-1-2-11(9-15)14-10;/h10-11,14H,1-9H2;1H. The Morgan fingerprint density at radius 1 is 1.00 bits per heavy atom. The monoisotopic (exact) mass is 287 g/mol. The highest BCUT2D eigenvalue weighted by Gasteiger charge is 2.31. The number of hydrogen-bond donors (Lipinski definition) is 1. The molecule has 2 amide bonds. The van der Waals surface area contributed by atoms with Crippen molar-refractivity contribution in [1.82, 2.24) is 15.1 Å². The summed E-state index contributed by atoms with van der Waals surface area (Å²) < 4.78 is 0. The molecule has 3 heterocycles. The van der Waals surface area contributed by atoms with Crippen molar-refractivity contribution in [2.45, 2.75) is 44.2 Å². The van der Waals surface area contributed by atoms with Crippen LogP contribution in [0.1, 0.15) is 32.1 Å². The molecule has 0 aliphatic carbocycles. The number of nitrogens with zero attached hydrogens (tertiary/aromatic N) is 2. The van der Waals surface area contributed by atoms with Gasteiger partial charge >= 0.3 is 0 Å². The van der Waals surface area contributed by atoms with E-state index in [2.05, 4.69) is 10.2 Å². The van der Waals surface area contributed by atoms with Crippen LogP contribution in [0.5, 0.6) is 0 Å². The summed E-state index contributed by atoms with van der Waals surface area (Å²) in [5, 5.41) is 3.64. The Balaban J connectivity index is 0.00000133. The van der Waals surface area contributed by atoms with E-state index in [-0.39, 0.29) is 24.2 Å². The number of carbonyl (C=O) groups excluding carboxylic acids is 2. The number of carbonyl (C=O) groups is 2. The molecule has 19 heavy (non-hydrogen) atoms. The number of nitrogens with one attached hydrogen (secondary N) is 1. The third kappa shape index (κ3) is 3.27. The van der Waals surface area contributed by atoms with Gasteiger partial charge in [-0.2, -0.15) is 0 Å². The molecule has 3 saturated heterocycles. The minimum atomic E-state index is 0. The van der Waals surface area contributed by atoms with Crippen LogP contribution >= 0.6 is 12.4 Å². The smallest absolute Gasteiger partial charge is 0.229 e. The molecule has 3 aliphatic heterocycles. The quantitative estimate of drug-likeness (QED) is 0.763. The fraction of sp³-hybridized carbons (Fsp3) is 0.846. The molecule has 0 aromatic rings. The zero-order valence-corrected chi connectivity index (χ0v) is 12.0. The number of fused-ring (bicyclic) bond motifs is 2. The first kappa shape index (κ1) is 14.8. The highest BCUT2D eigenvalue weighted by Crippen LogP contribution is 2.20. The summed E-state index contributed by atoms with van der Waals surface area (Å²) in [5.74, 6) is 0.0175. The van der Waals surface area contributed by atoms with E-state index >= 15 is 0 Å². The van der Waals surface area contributed by atoms with Gasteiger partial charge in [0.15, 0.2) is 0 Å². The highest BCUT2D eigenvalue weighted by atomic mass is 35.5. The first-order chi connectivity index (χ1) is 8.72. The van der Waals surface area contributed by atoms with Crippen LogP contribution in [0, 0.1) is 0 Å². The Hall–Kier alpha value is -0.650. The minimum absolute atomic E-state index is 0. The van der Waals surface area contributed by atoms with E-state index in [9.17, 15) is 9.59 Å². The average Bonchev–Trinajstić information content (AvgIpc) is 2.83. The van der Waals surface area contributed by atoms with E-state index in [1.165, 1.54) is 24.2 Å². The molecule has 3 rings (SSSR count). The third-order valence-electron chi connectivity index (χ3n) is 4.40. The number of imide groups is 1. The van der Waals surface area contributed by atoms with Crippen molar-refractivity contribution in [3.8, 4) is 0 Å². The maximum Gasteiger partial charge on any atom is 0.229 e. The van der Waals surface area contributed by atoms with Crippen molar-refractivity contribution in [1.29, 1.82) is 0 Å². The van der Waals surface area contributed by atoms with Gasteiger partial charge in [-0.05, 0) is 25.8 Å². The molecule has 3 aliphatic rings. The SMILES string of the molecule is Cl.O=C1CCC(=O)N1CCN1CCC2CCC(C1)N2. The third-order valence-corrected chi connectivity index (χ3v) is 4.40. The van der Waals surface area contributed by atoms with Crippen molar-refractivity contribution in [3.05, 3.63) is 0 Å². The van der Waals surface area contributed by atoms with E-state index in [1.54, 1.807) is 0 Å². The average molecular weight is 288 g/mol. The summed E-state index contributed by atoms with van der Waals surface area (Å²) in [4.78, 5) is 26.9. The van der Waals surface area contributed by atoms with Crippen LogP contribution in [0.25, 0.3) is 0 Å². The van der Waals surface area contributed by atoms with Crippen LogP contribution in [0.2, 0.25) is 0 Å². The lowest BCUT2D eigenvalue weighted by atomic mass is 10.1. The van der Waals surface area contributed by atoms with E-state index in [4.69, 9.17) is 0 Å². The van der Waals surface area contributed by atoms with Crippen LogP contribution in [0.4, 0.5) is 0 Å². The van der Waals surface area contributed by atoms with Gasteiger partial charge in [0.1, 0.15) is 0 Å². The number of rotatable bonds is 3. The molecule has 108 valence electrons. The normalized spacial score (nSPS) is 31.5. The summed E-state index contributed by atoms with van der Waals surface area (Å²) in [7, 11) is 0. The van der Waals surface area contributed by atoms with Crippen molar-refractivity contribution in [3.63, 3.8) is 0 Å². The Morgan fingerprint density at radius 2 is 1.68 bits per heavy atom. The van der Waals surface area contributed by atoms with Crippen LogP contribution in [0.3, 0.4) is 0 Å². The van der Waals surface area contributed by atoms with E-state index in [0.717, 1.165) is 19.6 Å². The van der Waals surface area contributed by atoms with Gasteiger partial charge in [-0.1, -0.05) is 0 Å².